The van der Waals surface area contributed by atoms with Crippen molar-refractivity contribution in [3.05, 3.63) is 0 Å². The van der Waals surface area contributed by atoms with E-state index in [2.05, 4.69) is 0 Å². The molecule has 0 bridgehead atoms. The summed E-state index contributed by atoms with van der Waals surface area (Å²) < 4.78 is 21.1. The van der Waals surface area contributed by atoms with Crippen molar-refractivity contribution < 1.29 is 18.9 Å². The highest BCUT2D eigenvalue weighted by atomic mass is 16.9. The first-order chi connectivity index (χ1) is 6.24. The molecule has 0 amide bonds. The molecule has 0 fully saturated rings. The monoisotopic (exact) mass is 192 g/mol. The molecule has 0 heterocycles. The molecule has 0 unspecified atom stereocenters. The van der Waals surface area contributed by atoms with Gasteiger partial charge < -0.3 is 18.9 Å². The quantitative estimate of drug-likeness (QED) is 0.545. The van der Waals surface area contributed by atoms with Crippen LogP contribution in [0.3, 0.4) is 0 Å². The van der Waals surface area contributed by atoms with Gasteiger partial charge >= 0.3 is 5.97 Å². The van der Waals surface area contributed by atoms with Crippen molar-refractivity contribution in [2.24, 2.45) is 0 Å². The van der Waals surface area contributed by atoms with Gasteiger partial charge in [0.15, 0.2) is 0 Å². The topological polar surface area (TPSA) is 36.9 Å². The minimum atomic E-state index is -1.02. The first-order valence-electron chi connectivity index (χ1n) is 4.65. The van der Waals surface area contributed by atoms with E-state index in [0.717, 1.165) is 0 Å². The van der Waals surface area contributed by atoms with Gasteiger partial charge in [0.2, 0.25) is 0 Å². The average molecular weight is 192 g/mol. The zero-order valence-corrected chi connectivity index (χ0v) is 8.96. The summed E-state index contributed by atoms with van der Waals surface area (Å²) in [7, 11) is 1.59. The van der Waals surface area contributed by atoms with Crippen LogP contribution in [-0.2, 0) is 18.9 Å². The molecule has 0 aromatic rings. The van der Waals surface area contributed by atoms with Gasteiger partial charge in [0.1, 0.15) is 6.61 Å². The van der Waals surface area contributed by atoms with E-state index in [1.54, 1.807) is 7.11 Å². The van der Waals surface area contributed by atoms with Crippen LogP contribution in [0.15, 0.2) is 0 Å². The molecule has 0 aliphatic carbocycles. The molecule has 0 aromatic carbocycles. The summed E-state index contributed by atoms with van der Waals surface area (Å²) in [5.74, 6) is -1.02. The molecule has 0 rings (SSSR count). The Hall–Kier alpha value is -0.160. The standard InChI is InChI=1S/C9H20O4/c1-5-11-9(8-10-4,12-6-2)13-7-3/h5-8H2,1-4H3. The SMILES string of the molecule is CCOC(COC)(OCC)OCC. The summed E-state index contributed by atoms with van der Waals surface area (Å²) in [6.45, 7) is 7.55. The molecule has 0 N–H and O–H groups in total. The van der Waals surface area contributed by atoms with Crippen molar-refractivity contribution in [1.82, 2.24) is 0 Å². The van der Waals surface area contributed by atoms with Crippen molar-refractivity contribution in [3.8, 4) is 0 Å². The highest BCUT2D eigenvalue weighted by Gasteiger charge is 2.32. The van der Waals surface area contributed by atoms with Crippen LogP contribution >= 0.6 is 0 Å². The Kier molecular flexibility index (Phi) is 7.17. The third-order valence-corrected chi connectivity index (χ3v) is 1.41. The van der Waals surface area contributed by atoms with Gasteiger partial charge in [0.25, 0.3) is 0 Å². The number of ether oxygens (including phenoxy) is 4. The van der Waals surface area contributed by atoms with E-state index in [0.29, 0.717) is 19.8 Å². The van der Waals surface area contributed by atoms with Crippen LogP contribution in [0.1, 0.15) is 20.8 Å². The predicted molar refractivity (Wildman–Crippen MR) is 49.5 cm³/mol. The smallest absolute Gasteiger partial charge is 0.307 e. The van der Waals surface area contributed by atoms with E-state index < -0.39 is 5.97 Å². The average Bonchev–Trinajstić information content (AvgIpc) is 2.06. The maximum Gasteiger partial charge on any atom is 0.307 e. The fraction of sp³-hybridized carbons (Fsp3) is 1.00. The van der Waals surface area contributed by atoms with Crippen molar-refractivity contribution in [3.63, 3.8) is 0 Å². The lowest BCUT2D eigenvalue weighted by atomic mass is 10.5. The number of methoxy groups -OCH3 is 1. The molecule has 4 heteroatoms. The Morgan fingerprint density at radius 3 is 1.46 bits per heavy atom. The lowest BCUT2D eigenvalue weighted by Gasteiger charge is -2.31. The summed E-state index contributed by atoms with van der Waals surface area (Å²) in [6.07, 6.45) is 0. The van der Waals surface area contributed by atoms with E-state index in [4.69, 9.17) is 18.9 Å². The summed E-state index contributed by atoms with van der Waals surface area (Å²) in [5.41, 5.74) is 0. The van der Waals surface area contributed by atoms with Crippen LogP contribution in [-0.4, -0.2) is 39.5 Å². The molecule has 80 valence electrons. The Balaban J connectivity index is 4.19. The molecule has 4 nitrogen and oxygen atoms in total. The van der Waals surface area contributed by atoms with E-state index in [1.807, 2.05) is 20.8 Å². The lowest BCUT2D eigenvalue weighted by molar-refractivity contribution is -0.389. The minimum Gasteiger partial charge on any atom is -0.376 e. The van der Waals surface area contributed by atoms with E-state index in [9.17, 15) is 0 Å². The Bertz CT molecular complexity index is 86.7. The fourth-order valence-corrected chi connectivity index (χ4v) is 1.09. The van der Waals surface area contributed by atoms with Gasteiger partial charge in [0.05, 0.1) is 0 Å². The zero-order valence-electron chi connectivity index (χ0n) is 8.96. The second-order valence-electron chi connectivity index (χ2n) is 2.42. The van der Waals surface area contributed by atoms with Crippen molar-refractivity contribution >= 4 is 0 Å². The van der Waals surface area contributed by atoms with Gasteiger partial charge in [-0.25, -0.2) is 0 Å². The number of hydrogen-bond donors (Lipinski definition) is 0. The predicted octanol–water partition coefficient (Wildman–Crippen LogP) is 1.40. The van der Waals surface area contributed by atoms with Gasteiger partial charge in [-0.15, -0.1) is 0 Å². The van der Waals surface area contributed by atoms with E-state index in [1.165, 1.54) is 0 Å². The lowest BCUT2D eigenvalue weighted by Crippen LogP contribution is -2.43. The van der Waals surface area contributed by atoms with Crippen molar-refractivity contribution in [2.45, 2.75) is 26.7 Å². The Labute approximate surface area is 80.1 Å². The van der Waals surface area contributed by atoms with Crippen molar-refractivity contribution in [1.29, 1.82) is 0 Å². The van der Waals surface area contributed by atoms with Crippen LogP contribution in [0.4, 0.5) is 0 Å². The van der Waals surface area contributed by atoms with Gasteiger partial charge in [0, 0.05) is 26.9 Å². The number of hydrogen-bond acceptors (Lipinski definition) is 4. The summed E-state index contributed by atoms with van der Waals surface area (Å²) in [6, 6.07) is 0. The molecule has 0 aliphatic heterocycles. The highest BCUT2D eigenvalue weighted by Crippen LogP contribution is 2.15. The van der Waals surface area contributed by atoms with Gasteiger partial charge in [-0.2, -0.15) is 0 Å². The Morgan fingerprint density at radius 1 is 0.846 bits per heavy atom. The summed E-state index contributed by atoms with van der Waals surface area (Å²) in [5, 5.41) is 0. The number of rotatable bonds is 8. The molecule has 13 heavy (non-hydrogen) atoms. The molecule has 0 saturated heterocycles. The van der Waals surface area contributed by atoms with Crippen molar-refractivity contribution in [2.75, 3.05) is 33.5 Å². The third kappa shape index (κ3) is 4.57. The maximum absolute atomic E-state index is 5.38. The van der Waals surface area contributed by atoms with Crippen LogP contribution in [0, 0.1) is 0 Å². The normalized spacial score (nSPS) is 12.0. The first-order valence-corrected chi connectivity index (χ1v) is 4.65. The summed E-state index contributed by atoms with van der Waals surface area (Å²) in [4.78, 5) is 0. The highest BCUT2D eigenvalue weighted by molar-refractivity contribution is 4.55. The molecular weight excluding hydrogens is 172 g/mol. The first kappa shape index (κ1) is 12.8. The fourth-order valence-electron chi connectivity index (χ4n) is 1.09. The third-order valence-electron chi connectivity index (χ3n) is 1.41. The maximum atomic E-state index is 5.38. The van der Waals surface area contributed by atoms with E-state index >= 15 is 0 Å². The minimum absolute atomic E-state index is 0.280. The molecular formula is C9H20O4. The van der Waals surface area contributed by atoms with Gasteiger partial charge in [-0.3, -0.25) is 0 Å². The zero-order chi connectivity index (χ0) is 10.2. The Morgan fingerprint density at radius 2 is 1.23 bits per heavy atom. The molecule has 0 spiro atoms. The van der Waals surface area contributed by atoms with Crippen LogP contribution < -0.4 is 0 Å². The molecule has 0 saturated carbocycles. The molecule has 0 aliphatic rings. The van der Waals surface area contributed by atoms with Gasteiger partial charge in [-0.05, 0) is 20.8 Å². The van der Waals surface area contributed by atoms with Crippen LogP contribution in [0.5, 0.6) is 0 Å². The second-order valence-corrected chi connectivity index (χ2v) is 2.42. The molecule has 0 atom stereocenters. The molecule has 0 aromatic heterocycles. The van der Waals surface area contributed by atoms with Crippen LogP contribution in [0.2, 0.25) is 0 Å². The largest absolute Gasteiger partial charge is 0.376 e. The van der Waals surface area contributed by atoms with Gasteiger partial charge in [-0.1, -0.05) is 0 Å². The summed E-state index contributed by atoms with van der Waals surface area (Å²) >= 11 is 0. The molecule has 0 radical (unpaired) electrons. The van der Waals surface area contributed by atoms with Crippen LogP contribution in [0.25, 0.3) is 0 Å². The second kappa shape index (κ2) is 7.26. The van der Waals surface area contributed by atoms with E-state index in [-0.39, 0.29) is 6.61 Å².